The highest BCUT2D eigenvalue weighted by atomic mass is 16.7. The molecule has 0 aliphatic carbocycles. The lowest BCUT2D eigenvalue weighted by atomic mass is 9.85. The van der Waals surface area contributed by atoms with Crippen LogP contribution in [0.25, 0.3) is 22.3 Å². The summed E-state index contributed by atoms with van der Waals surface area (Å²) in [6.07, 6.45) is -1.08. The van der Waals surface area contributed by atoms with Gasteiger partial charge in [-0.15, -0.1) is 0 Å². The van der Waals surface area contributed by atoms with Crippen LogP contribution in [0.4, 0.5) is 4.79 Å². The molecule has 87 heavy (non-hydrogen) atoms. The molecule has 2 aliphatic rings. The van der Waals surface area contributed by atoms with Crippen LogP contribution in [-0.4, -0.2) is 280 Å². The number of methoxy groups -OCH3 is 1. The Hall–Kier alpha value is -4.44. The zero-order valence-electron chi connectivity index (χ0n) is 51.1. The molecule has 0 radical (unpaired) electrons. The highest BCUT2D eigenvalue weighted by Crippen LogP contribution is 2.41. The van der Waals surface area contributed by atoms with Crippen molar-refractivity contribution in [2.24, 2.45) is 0 Å². The van der Waals surface area contributed by atoms with Crippen molar-refractivity contribution in [3.63, 3.8) is 0 Å². The lowest BCUT2D eigenvalue weighted by Crippen LogP contribution is -2.47. The quantitative estimate of drug-likeness (QED) is 0.0453. The lowest BCUT2D eigenvalue weighted by Gasteiger charge is -2.35. The average molecular weight is 1240 g/mol. The van der Waals surface area contributed by atoms with Gasteiger partial charge in [-0.1, -0.05) is 25.1 Å². The van der Waals surface area contributed by atoms with E-state index in [4.69, 9.17) is 109 Å². The number of carbonyl (C=O) groups is 2. The van der Waals surface area contributed by atoms with Crippen LogP contribution in [0.5, 0.6) is 0 Å². The zero-order valence-corrected chi connectivity index (χ0v) is 51.1. The molecular weight excluding hydrogens is 1150 g/mol. The minimum Gasteiger partial charge on any atom is -0.457 e. The van der Waals surface area contributed by atoms with Gasteiger partial charge < -0.3 is 109 Å². The van der Waals surface area contributed by atoms with Crippen molar-refractivity contribution in [1.29, 1.82) is 0 Å². The van der Waals surface area contributed by atoms with Crippen molar-refractivity contribution in [2.75, 3.05) is 258 Å². The van der Waals surface area contributed by atoms with Crippen molar-refractivity contribution in [2.45, 2.75) is 32.1 Å². The Morgan fingerprint density at radius 2 is 0.805 bits per heavy atom. The Morgan fingerprint density at radius 1 is 0.471 bits per heavy atom. The maximum Gasteiger partial charge on any atom is 0.509 e. The van der Waals surface area contributed by atoms with Crippen LogP contribution in [0, 0.1) is 0 Å². The number of cyclic esters (lactones) is 1. The van der Waals surface area contributed by atoms with Gasteiger partial charge >= 0.3 is 12.1 Å². The van der Waals surface area contributed by atoms with Crippen LogP contribution in [0.3, 0.4) is 0 Å². The molecule has 0 saturated heterocycles. The minimum absolute atomic E-state index is 0.0155. The molecule has 0 fully saturated rings. The van der Waals surface area contributed by atoms with E-state index in [9.17, 15) is 14.4 Å². The van der Waals surface area contributed by atoms with Crippen molar-refractivity contribution < 1.29 is 114 Å². The number of aromatic nitrogens is 2. The summed E-state index contributed by atoms with van der Waals surface area (Å²) < 4.78 is 122. The minimum atomic E-state index is -1.87. The predicted octanol–water partition coefficient (Wildman–Crippen LogP) is 3.19. The molecule has 0 spiro atoms. The van der Waals surface area contributed by atoms with Gasteiger partial charge in [0.25, 0.3) is 5.56 Å². The summed E-state index contributed by atoms with van der Waals surface area (Å²) in [7, 11) is 1.64. The molecule has 1 aromatic carbocycles. The molecule has 2 aliphatic heterocycles. The molecule has 2 aromatic heterocycles. The van der Waals surface area contributed by atoms with Gasteiger partial charge in [-0.3, -0.25) is 4.79 Å². The molecule has 0 saturated carbocycles. The molecule has 1 atom stereocenters. The van der Waals surface area contributed by atoms with Crippen molar-refractivity contribution in [3.05, 3.63) is 63.4 Å². The molecular formula is C60H94N2O25. The van der Waals surface area contributed by atoms with Crippen LogP contribution >= 0.6 is 0 Å². The average Bonchev–Trinajstić information content (AvgIpc) is 1.77. The highest BCUT2D eigenvalue weighted by Gasteiger charge is 2.51. The fourth-order valence-electron chi connectivity index (χ4n) is 8.42. The number of hydrogen-bond donors (Lipinski definition) is 0. The summed E-state index contributed by atoms with van der Waals surface area (Å²) >= 11 is 0. The van der Waals surface area contributed by atoms with E-state index in [0.717, 1.165) is 16.5 Å². The number of carbonyl (C=O) groups excluding carboxylic acids is 2. The van der Waals surface area contributed by atoms with E-state index in [1.165, 1.54) is 0 Å². The van der Waals surface area contributed by atoms with Gasteiger partial charge in [-0.2, -0.15) is 0 Å². The SMILES string of the molecule is CC[C@@]1(OC(=O)OCCOCCOCCOCCOCCOCCOCCOCCOCCOCCOCCOCCOCCOCCOCCOCCOCCOCCOCCOC)C(=O)OCc2c1cc1n(c2=O)Cc2cc3ccccc3nc2-1. The first-order valence-electron chi connectivity index (χ1n) is 30.1. The fourth-order valence-corrected chi connectivity index (χ4v) is 8.42. The third-order valence-electron chi connectivity index (χ3n) is 12.8. The van der Waals surface area contributed by atoms with E-state index >= 15 is 0 Å². The second-order valence-corrected chi connectivity index (χ2v) is 19.0. The van der Waals surface area contributed by atoms with Crippen LogP contribution in [0.15, 0.2) is 41.2 Å². The van der Waals surface area contributed by atoms with E-state index in [2.05, 4.69) is 0 Å². The van der Waals surface area contributed by atoms with Crippen LogP contribution in [0.2, 0.25) is 0 Å². The molecule has 0 unspecified atom stereocenters. The third-order valence-corrected chi connectivity index (χ3v) is 12.8. The summed E-state index contributed by atoms with van der Waals surface area (Å²) in [6.45, 7) is 18.5. The van der Waals surface area contributed by atoms with Gasteiger partial charge in [0.05, 0.1) is 273 Å². The summed E-state index contributed by atoms with van der Waals surface area (Å²) in [5.74, 6) is -0.779. The summed E-state index contributed by atoms with van der Waals surface area (Å²) in [5, 5.41) is 0.954. The van der Waals surface area contributed by atoms with Gasteiger partial charge in [-0.25, -0.2) is 14.6 Å². The van der Waals surface area contributed by atoms with Gasteiger partial charge in [0.2, 0.25) is 5.60 Å². The molecule has 27 nitrogen and oxygen atoms in total. The van der Waals surface area contributed by atoms with E-state index in [1.807, 2.05) is 30.3 Å². The normalized spacial score (nSPS) is 14.4. The maximum absolute atomic E-state index is 13.7. The first-order chi connectivity index (χ1) is 43.0. The van der Waals surface area contributed by atoms with Crippen molar-refractivity contribution in [1.82, 2.24) is 9.55 Å². The van der Waals surface area contributed by atoms with Crippen LogP contribution in [0.1, 0.15) is 30.0 Å². The number of hydrogen-bond acceptors (Lipinski definition) is 26. The Labute approximate surface area is 510 Å². The van der Waals surface area contributed by atoms with E-state index in [-0.39, 0.29) is 49.5 Å². The molecule has 5 rings (SSSR count). The second kappa shape index (κ2) is 48.4. The van der Waals surface area contributed by atoms with Gasteiger partial charge in [0.1, 0.15) is 13.2 Å². The molecule has 0 bridgehead atoms. The number of pyridine rings is 2. The van der Waals surface area contributed by atoms with Gasteiger partial charge in [0.15, 0.2) is 0 Å². The van der Waals surface area contributed by atoms with Crippen LogP contribution < -0.4 is 5.56 Å². The number of esters is 1. The fraction of sp³-hybridized carbons (Fsp3) is 0.733. The molecule has 4 heterocycles. The largest absolute Gasteiger partial charge is 0.509 e. The summed E-state index contributed by atoms with van der Waals surface area (Å²) in [6, 6.07) is 11.4. The second-order valence-electron chi connectivity index (χ2n) is 19.0. The van der Waals surface area contributed by atoms with E-state index < -0.39 is 17.7 Å². The zero-order chi connectivity index (χ0) is 61.3. The standard InChI is InChI=1S/C60H94N2O25/c1-3-60(53-47-55-56-51(46-50-6-4-5-7-54(50)61-56)48-62(55)57(63)52(53)49-86-58(60)64)87-59(65)85-45-44-84-43-42-83-41-40-82-39-38-81-37-36-80-35-34-79-33-32-78-31-30-77-29-28-76-27-26-75-25-24-74-23-22-73-21-20-72-19-18-71-17-16-70-15-14-69-13-12-68-11-10-67-9-8-66-2/h4-7,46-47H,3,8-45,48-49H2,1-2H3/t60-/m0/s1. The summed E-state index contributed by atoms with van der Waals surface area (Å²) in [5.41, 5.74) is 1.15. The Balaban J connectivity index is 0.672. The number of nitrogens with zero attached hydrogens (tertiary/aromatic N) is 2. The topological polar surface area (TPSA) is 272 Å². The molecule has 0 amide bonds. The predicted molar refractivity (Wildman–Crippen MR) is 311 cm³/mol. The smallest absolute Gasteiger partial charge is 0.457 e. The van der Waals surface area contributed by atoms with E-state index in [0.29, 0.717) is 249 Å². The lowest BCUT2D eigenvalue weighted by molar-refractivity contribution is -0.175. The third kappa shape index (κ3) is 30.3. The number of para-hydroxylation sites is 1. The number of ether oxygens (including phenoxy) is 22. The number of fused-ring (bicyclic) bond motifs is 5. The first kappa shape index (κ1) is 73.3. The first-order valence-corrected chi connectivity index (χ1v) is 30.1. The molecule has 27 heteroatoms. The highest BCUT2D eigenvalue weighted by molar-refractivity contribution is 5.87. The molecule has 3 aromatic rings. The monoisotopic (exact) mass is 1240 g/mol. The van der Waals surface area contributed by atoms with Crippen molar-refractivity contribution in [3.8, 4) is 11.4 Å². The van der Waals surface area contributed by atoms with Crippen molar-refractivity contribution >= 4 is 23.0 Å². The van der Waals surface area contributed by atoms with E-state index in [1.54, 1.807) is 24.7 Å². The Kier molecular flexibility index (Phi) is 40.8. The maximum atomic E-state index is 13.7. The van der Waals surface area contributed by atoms with Gasteiger partial charge in [0, 0.05) is 23.6 Å². The summed E-state index contributed by atoms with van der Waals surface area (Å²) in [4.78, 5) is 44.8. The molecule has 494 valence electrons. The van der Waals surface area contributed by atoms with Crippen LogP contribution in [-0.2, 0) is 128 Å². The Bertz CT molecular complexity index is 2310. The van der Waals surface area contributed by atoms with Gasteiger partial charge in [-0.05, 0) is 24.6 Å². The number of benzene rings is 1. The molecule has 0 N–H and O–H groups in total. The number of rotatable bonds is 59. The Morgan fingerprint density at radius 3 is 1.15 bits per heavy atom.